The van der Waals surface area contributed by atoms with Gasteiger partial charge in [-0.3, -0.25) is 0 Å². The number of hydrogen-bond donors (Lipinski definition) is 0. The summed E-state index contributed by atoms with van der Waals surface area (Å²) >= 11 is 3.76. The van der Waals surface area contributed by atoms with Crippen LogP contribution in [0.1, 0.15) is 0 Å². The molecule has 0 aromatic heterocycles. The van der Waals surface area contributed by atoms with Gasteiger partial charge < -0.3 is 0 Å². The van der Waals surface area contributed by atoms with Crippen LogP contribution in [0.15, 0.2) is 153 Å². The normalized spacial score (nSPS) is 12.5. The molecule has 0 aliphatic carbocycles. The van der Waals surface area contributed by atoms with Crippen molar-refractivity contribution >= 4 is 55.8 Å². The maximum atomic E-state index is 2.37. The molecule has 0 bridgehead atoms. The van der Waals surface area contributed by atoms with E-state index >= 15 is 0 Å². The fourth-order valence-electron chi connectivity index (χ4n) is 5.71. The van der Waals surface area contributed by atoms with E-state index in [1.54, 1.807) is 0 Å². The van der Waals surface area contributed by atoms with Gasteiger partial charge in [-0.15, -0.1) is 0 Å². The highest BCUT2D eigenvalue weighted by atomic mass is 32.2. The van der Waals surface area contributed by atoms with Gasteiger partial charge in [0.15, 0.2) is 0 Å². The minimum absolute atomic E-state index is 1.24. The molecule has 0 nitrogen and oxygen atoms in total. The van der Waals surface area contributed by atoms with Crippen molar-refractivity contribution in [3.05, 3.63) is 133 Å². The molecule has 8 rings (SSSR count). The van der Waals surface area contributed by atoms with Crippen molar-refractivity contribution in [2.45, 2.75) is 19.6 Å². The van der Waals surface area contributed by atoms with E-state index < -0.39 is 0 Å². The van der Waals surface area contributed by atoms with Crippen molar-refractivity contribution in [3.63, 3.8) is 0 Å². The fraction of sp³-hybridized carbons (Fsp3) is 0. The van der Waals surface area contributed by atoms with Crippen molar-refractivity contribution < 1.29 is 0 Å². The van der Waals surface area contributed by atoms with Crippen molar-refractivity contribution in [3.8, 4) is 22.3 Å². The summed E-state index contributed by atoms with van der Waals surface area (Å²) in [6, 6.07) is 48.9. The first-order valence-corrected chi connectivity index (χ1v) is 14.5. The second kappa shape index (κ2) is 8.80. The third-order valence-electron chi connectivity index (χ3n) is 7.53. The summed E-state index contributed by atoms with van der Waals surface area (Å²) in [5.74, 6) is 0. The van der Waals surface area contributed by atoms with Crippen LogP contribution in [0.2, 0.25) is 0 Å². The van der Waals surface area contributed by atoms with Crippen LogP contribution < -0.4 is 0 Å². The molecule has 0 radical (unpaired) electrons. The molecular weight excluding hydrogens is 497 g/mol. The van der Waals surface area contributed by atoms with Gasteiger partial charge in [-0.2, -0.15) is 0 Å². The average molecular weight is 519 g/mol. The molecule has 0 spiro atoms. The van der Waals surface area contributed by atoms with Gasteiger partial charge in [-0.05, 0) is 78.8 Å². The molecule has 0 unspecified atom stereocenters. The summed E-state index contributed by atoms with van der Waals surface area (Å²) in [7, 11) is 0. The number of hydrogen-bond acceptors (Lipinski definition) is 2. The summed E-state index contributed by atoms with van der Waals surface area (Å²) in [6.07, 6.45) is 0. The minimum atomic E-state index is 1.24. The van der Waals surface area contributed by atoms with E-state index in [1.165, 1.54) is 74.2 Å². The lowest BCUT2D eigenvalue weighted by atomic mass is 9.92. The summed E-state index contributed by atoms with van der Waals surface area (Å²) in [4.78, 5) is 5.37. The number of fused-ring (bicyclic) bond motifs is 8. The molecule has 0 saturated carbocycles. The minimum Gasteiger partial charge on any atom is -0.0877 e. The third kappa shape index (κ3) is 3.49. The van der Waals surface area contributed by atoms with E-state index in [0.717, 1.165) is 0 Å². The Kier molecular flexibility index (Phi) is 5.11. The van der Waals surface area contributed by atoms with Gasteiger partial charge in [0.05, 0.1) is 0 Å². The predicted molar refractivity (Wildman–Crippen MR) is 165 cm³/mol. The second-order valence-corrected chi connectivity index (χ2v) is 11.8. The van der Waals surface area contributed by atoms with Crippen LogP contribution in [0.5, 0.6) is 0 Å². The highest BCUT2D eigenvalue weighted by Crippen LogP contribution is 2.51. The molecule has 0 N–H and O–H groups in total. The second-order valence-electron chi connectivity index (χ2n) is 9.71. The van der Waals surface area contributed by atoms with Crippen LogP contribution >= 0.6 is 23.5 Å². The molecule has 1 aliphatic heterocycles. The average Bonchev–Trinajstić information content (AvgIpc) is 3.00. The summed E-state index contributed by atoms with van der Waals surface area (Å²) < 4.78 is 0. The monoisotopic (exact) mass is 518 g/mol. The molecule has 1 aliphatic rings. The zero-order valence-corrected chi connectivity index (χ0v) is 22.2. The lowest BCUT2D eigenvalue weighted by molar-refractivity contribution is 1.16. The van der Waals surface area contributed by atoms with Crippen molar-refractivity contribution in [1.82, 2.24) is 0 Å². The Morgan fingerprint density at radius 3 is 1.50 bits per heavy atom. The topological polar surface area (TPSA) is 0 Å². The Balaban J connectivity index is 1.22. The Bertz CT molecular complexity index is 1980. The van der Waals surface area contributed by atoms with E-state index in [2.05, 4.69) is 133 Å². The SMILES string of the molecule is c1ccc2c(c1)Sc1cccc(-c3ccc(-c4ccc5c6ccccc6c6ccccc6c5c4)cc3)c1S2. The van der Waals surface area contributed by atoms with E-state index in [-0.39, 0.29) is 0 Å². The van der Waals surface area contributed by atoms with Gasteiger partial charge in [0, 0.05) is 19.6 Å². The van der Waals surface area contributed by atoms with Gasteiger partial charge in [0.2, 0.25) is 0 Å². The largest absolute Gasteiger partial charge is 0.0877 e. The maximum Gasteiger partial charge on any atom is 0.0340 e. The van der Waals surface area contributed by atoms with E-state index in [9.17, 15) is 0 Å². The summed E-state index contributed by atoms with van der Waals surface area (Å²) in [5, 5.41) is 7.88. The molecule has 0 amide bonds. The van der Waals surface area contributed by atoms with Crippen LogP contribution in [-0.2, 0) is 0 Å². The van der Waals surface area contributed by atoms with Crippen molar-refractivity contribution in [1.29, 1.82) is 0 Å². The standard InChI is InChI=1S/C36H22S2/c1-2-10-29-27(8-1)28-9-3-4-11-30(28)32-22-25(20-21-31(29)32)23-16-18-24(19-17-23)26-12-7-15-35-36(26)38-34-14-6-5-13-33(34)37-35/h1-22H. The highest BCUT2D eigenvalue weighted by molar-refractivity contribution is 8.05. The van der Waals surface area contributed by atoms with Gasteiger partial charge in [-0.1, -0.05) is 133 Å². The predicted octanol–water partition coefficient (Wildman–Crippen LogP) is 11.1. The first-order chi connectivity index (χ1) is 18.8. The number of rotatable bonds is 2. The molecule has 0 atom stereocenters. The van der Waals surface area contributed by atoms with E-state index in [1.807, 2.05) is 23.5 Å². The van der Waals surface area contributed by atoms with Crippen molar-refractivity contribution in [2.24, 2.45) is 0 Å². The van der Waals surface area contributed by atoms with Crippen LogP contribution in [0, 0.1) is 0 Å². The molecule has 2 heteroatoms. The van der Waals surface area contributed by atoms with E-state index in [0.29, 0.717) is 0 Å². The third-order valence-corrected chi connectivity index (χ3v) is 10.1. The zero-order chi connectivity index (χ0) is 25.1. The molecule has 7 aromatic carbocycles. The smallest absolute Gasteiger partial charge is 0.0340 e. The van der Waals surface area contributed by atoms with Crippen LogP contribution in [0.25, 0.3) is 54.6 Å². The molecule has 7 aromatic rings. The Labute approximate surface area is 230 Å². The Hall–Kier alpha value is -3.98. The maximum absolute atomic E-state index is 2.37. The zero-order valence-electron chi connectivity index (χ0n) is 20.5. The lowest BCUT2D eigenvalue weighted by Crippen LogP contribution is -1.92. The first kappa shape index (κ1) is 22.0. The van der Waals surface area contributed by atoms with Gasteiger partial charge in [0.25, 0.3) is 0 Å². The number of benzene rings is 7. The summed E-state index contributed by atoms with van der Waals surface area (Å²) in [6.45, 7) is 0. The van der Waals surface area contributed by atoms with Crippen molar-refractivity contribution in [2.75, 3.05) is 0 Å². The first-order valence-electron chi connectivity index (χ1n) is 12.9. The molecule has 0 saturated heterocycles. The van der Waals surface area contributed by atoms with E-state index in [4.69, 9.17) is 0 Å². The van der Waals surface area contributed by atoms with Crippen LogP contribution in [0.4, 0.5) is 0 Å². The van der Waals surface area contributed by atoms with Crippen LogP contribution in [-0.4, -0.2) is 0 Å². The van der Waals surface area contributed by atoms with Gasteiger partial charge >= 0.3 is 0 Å². The Morgan fingerprint density at radius 2 is 0.816 bits per heavy atom. The highest BCUT2D eigenvalue weighted by Gasteiger charge is 2.20. The molecular formula is C36H22S2. The Morgan fingerprint density at radius 1 is 0.316 bits per heavy atom. The van der Waals surface area contributed by atoms with Gasteiger partial charge in [-0.25, -0.2) is 0 Å². The molecule has 178 valence electrons. The van der Waals surface area contributed by atoms with Gasteiger partial charge in [0.1, 0.15) is 0 Å². The fourth-order valence-corrected chi connectivity index (χ4v) is 8.11. The lowest BCUT2D eigenvalue weighted by Gasteiger charge is -2.21. The quantitative estimate of drug-likeness (QED) is 0.209. The molecule has 0 fully saturated rings. The summed E-state index contributed by atoms with van der Waals surface area (Å²) in [5.41, 5.74) is 5.05. The molecule has 38 heavy (non-hydrogen) atoms. The van der Waals surface area contributed by atoms with Crippen LogP contribution in [0.3, 0.4) is 0 Å². The molecule has 1 heterocycles.